The van der Waals surface area contributed by atoms with E-state index in [0.29, 0.717) is 5.56 Å². The minimum Gasteiger partial charge on any atom is -0.312 e. The van der Waals surface area contributed by atoms with Crippen LogP contribution in [0.15, 0.2) is 40.9 Å². The molecule has 0 atom stereocenters. The number of rotatable bonds is 6. The fraction of sp³-hybridized carbons (Fsp3) is 0.565. The smallest absolute Gasteiger partial charge is 0.271 e. The number of aryl methyl sites for hydroxylation is 1. The molecule has 4 saturated carbocycles. The Hall–Kier alpha value is -2.15. The molecule has 0 radical (unpaired) electrons. The highest BCUT2D eigenvalue weighted by molar-refractivity contribution is 7.98. The van der Waals surface area contributed by atoms with E-state index in [9.17, 15) is 4.79 Å². The molecular weight excluding hydrogens is 394 g/mol. The van der Waals surface area contributed by atoms with Crippen LogP contribution in [0.25, 0.3) is 0 Å². The van der Waals surface area contributed by atoms with Gasteiger partial charge in [0.2, 0.25) is 0 Å². The molecule has 6 nitrogen and oxygen atoms in total. The number of nitrogens with one attached hydrogen (secondary N) is 1. The molecule has 1 amide bonds. The van der Waals surface area contributed by atoms with E-state index in [-0.39, 0.29) is 11.3 Å². The summed E-state index contributed by atoms with van der Waals surface area (Å²) in [6, 6.07) is 7.73. The average Bonchev–Trinajstić information content (AvgIpc) is 3.14. The van der Waals surface area contributed by atoms with E-state index in [0.717, 1.165) is 39.9 Å². The Morgan fingerprint density at radius 2 is 1.80 bits per heavy atom. The molecule has 4 fully saturated rings. The number of hydrazone groups is 1. The molecule has 2 aromatic rings. The highest BCUT2D eigenvalue weighted by Crippen LogP contribution is 2.60. The molecule has 1 N–H and O–H groups in total. The summed E-state index contributed by atoms with van der Waals surface area (Å²) in [6.45, 7) is 2.13. The van der Waals surface area contributed by atoms with E-state index in [1.165, 1.54) is 38.5 Å². The van der Waals surface area contributed by atoms with Gasteiger partial charge in [-0.15, -0.1) is 10.2 Å². The van der Waals surface area contributed by atoms with Gasteiger partial charge in [-0.25, -0.2) is 5.43 Å². The molecule has 158 valence electrons. The normalized spacial score (nSPS) is 29.9. The second-order valence-electron chi connectivity index (χ2n) is 9.55. The van der Waals surface area contributed by atoms with Crippen molar-refractivity contribution < 1.29 is 4.79 Å². The maximum Gasteiger partial charge on any atom is 0.271 e. The van der Waals surface area contributed by atoms with Crippen molar-refractivity contribution in [1.82, 2.24) is 20.2 Å². The van der Waals surface area contributed by atoms with Crippen LogP contribution in [0.1, 0.15) is 61.4 Å². The van der Waals surface area contributed by atoms with E-state index >= 15 is 0 Å². The number of hydrogen-bond donors (Lipinski definition) is 1. The van der Waals surface area contributed by atoms with Gasteiger partial charge in [-0.2, -0.15) is 5.10 Å². The highest BCUT2D eigenvalue weighted by Gasteiger charge is 2.52. The first-order valence-corrected chi connectivity index (χ1v) is 11.9. The van der Waals surface area contributed by atoms with Gasteiger partial charge in [-0.1, -0.05) is 23.9 Å². The Bertz CT molecular complexity index is 929. The molecule has 0 unspecified atom stereocenters. The van der Waals surface area contributed by atoms with Crippen molar-refractivity contribution >= 4 is 23.4 Å². The lowest BCUT2D eigenvalue weighted by atomic mass is 9.48. The minimum atomic E-state index is -0.133. The zero-order valence-electron chi connectivity index (χ0n) is 17.7. The van der Waals surface area contributed by atoms with Crippen molar-refractivity contribution in [2.75, 3.05) is 0 Å². The number of aromatic nitrogens is 3. The molecule has 30 heavy (non-hydrogen) atoms. The molecule has 1 aromatic heterocycles. The SMILES string of the molecule is C/C(=N/NC(=O)c1ccc(CSc2nncn2C)cc1)C12CC3CC(CC(C3)C1)C2. The quantitative estimate of drug-likeness (QED) is 0.424. The predicted molar refractivity (Wildman–Crippen MR) is 118 cm³/mol. The third-order valence-electron chi connectivity index (χ3n) is 7.38. The molecule has 7 heteroatoms. The Morgan fingerprint density at radius 3 is 2.37 bits per heavy atom. The monoisotopic (exact) mass is 423 g/mol. The first-order chi connectivity index (χ1) is 14.5. The average molecular weight is 424 g/mol. The Balaban J connectivity index is 1.20. The lowest BCUT2D eigenvalue weighted by Gasteiger charge is -2.56. The van der Waals surface area contributed by atoms with Gasteiger partial charge in [0, 0.05) is 29.5 Å². The van der Waals surface area contributed by atoms with E-state index in [1.54, 1.807) is 18.1 Å². The summed E-state index contributed by atoms with van der Waals surface area (Å²) in [7, 11) is 1.93. The van der Waals surface area contributed by atoms with Gasteiger partial charge in [0.1, 0.15) is 6.33 Å². The number of carbonyl (C=O) groups is 1. The predicted octanol–water partition coefficient (Wildman–Crippen LogP) is 4.43. The molecule has 1 heterocycles. The molecule has 1 aromatic carbocycles. The van der Waals surface area contributed by atoms with Crippen molar-refractivity contribution in [2.24, 2.45) is 35.3 Å². The topological polar surface area (TPSA) is 72.2 Å². The third kappa shape index (κ3) is 3.80. The first-order valence-electron chi connectivity index (χ1n) is 10.9. The summed E-state index contributed by atoms with van der Waals surface area (Å²) in [6.07, 6.45) is 9.74. The highest BCUT2D eigenvalue weighted by atomic mass is 32.2. The van der Waals surface area contributed by atoms with Crippen LogP contribution in [0.4, 0.5) is 0 Å². The molecule has 4 bridgehead atoms. The van der Waals surface area contributed by atoms with Crippen LogP contribution in [0.5, 0.6) is 0 Å². The third-order valence-corrected chi connectivity index (χ3v) is 8.49. The molecule has 4 aliphatic carbocycles. The van der Waals surface area contributed by atoms with Crippen LogP contribution >= 0.6 is 11.8 Å². The van der Waals surface area contributed by atoms with Crippen molar-refractivity contribution in [3.63, 3.8) is 0 Å². The number of benzene rings is 1. The number of amides is 1. The van der Waals surface area contributed by atoms with Crippen molar-refractivity contribution in [3.8, 4) is 0 Å². The fourth-order valence-electron chi connectivity index (χ4n) is 6.18. The van der Waals surface area contributed by atoms with Crippen LogP contribution in [-0.2, 0) is 12.8 Å². The molecule has 0 aliphatic heterocycles. The largest absolute Gasteiger partial charge is 0.312 e. The van der Waals surface area contributed by atoms with Gasteiger partial charge in [-0.05, 0) is 80.9 Å². The van der Waals surface area contributed by atoms with Crippen molar-refractivity contribution in [3.05, 3.63) is 41.7 Å². The Kier molecular flexibility index (Phi) is 5.17. The van der Waals surface area contributed by atoms with Crippen LogP contribution in [0, 0.1) is 23.2 Å². The van der Waals surface area contributed by atoms with Crippen molar-refractivity contribution in [1.29, 1.82) is 0 Å². The fourth-order valence-corrected chi connectivity index (χ4v) is 7.02. The molecular formula is C23H29N5OS. The lowest BCUT2D eigenvalue weighted by Crippen LogP contribution is -2.49. The van der Waals surface area contributed by atoms with E-state index < -0.39 is 0 Å². The number of hydrogen-bond acceptors (Lipinski definition) is 5. The summed E-state index contributed by atoms with van der Waals surface area (Å²) >= 11 is 1.63. The minimum absolute atomic E-state index is 0.133. The van der Waals surface area contributed by atoms with E-state index in [2.05, 4.69) is 27.6 Å². The zero-order chi connectivity index (χ0) is 20.7. The van der Waals surface area contributed by atoms with Gasteiger partial charge >= 0.3 is 0 Å². The van der Waals surface area contributed by atoms with Gasteiger partial charge in [0.25, 0.3) is 5.91 Å². The van der Waals surface area contributed by atoms with Crippen molar-refractivity contribution in [2.45, 2.75) is 56.4 Å². The number of thioether (sulfide) groups is 1. The van der Waals surface area contributed by atoms with E-state index in [1.807, 2.05) is 35.9 Å². The van der Waals surface area contributed by atoms with E-state index in [4.69, 9.17) is 0 Å². The van der Waals surface area contributed by atoms with Gasteiger partial charge in [-0.3, -0.25) is 4.79 Å². The lowest BCUT2D eigenvalue weighted by molar-refractivity contribution is -0.0128. The maximum absolute atomic E-state index is 12.6. The summed E-state index contributed by atoms with van der Waals surface area (Å²) in [4.78, 5) is 12.6. The van der Waals surface area contributed by atoms with Crippen LogP contribution in [-0.4, -0.2) is 26.4 Å². The van der Waals surface area contributed by atoms with Gasteiger partial charge in [0.05, 0.1) is 0 Å². The van der Waals surface area contributed by atoms with Gasteiger partial charge in [0.15, 0.2) is 5.16 Å². The molecule has 6 rings (SSSR count). The summed E-state index contributed by atoms with van der Waals surface area (Å²) in [5, 5.41) is 13.4. The molecule has 0 spiro atoms. The number of carbonyl (C=O) groups excluding carboxylic acids is 1. The van der Waals surface area contributed by atoms with Crippen LogP contribution in [0.2, 0.25) is 0 Å². The summed E-state index contributed by atoms with van der Waals surface area (Å²) in [5.41, 5.74) is 5.99. The summed E-state index contributed by atoms with van der Waals surface area (Å²) in [5.74, 6) is 3.29. The summed E-state index contributed by atoms with van der Waals surface area (Å²) < 4.78 is 1.90. The molecule has 0 saturated heterocycles. The Labute approximate surface area is 181 Å². The Morgan fingerprint density at radius 1 is 1.17 bits per heavy atom. The molecule has 4 aliphatic rings. The van der Waals surface area contributed by atoms with Crippen LogP contribution < -0.4 is 5.43 Å². The maximum atomic E-state index is 12.6. The second kappa shape index (κ2) is 7.84. The standard InChI is InChI=1S/C23H29N5OS/c1-15(23-10-17-7-18(11-23)9-19(8-17)12-23)25-26-21(29)20-5-3-16(4-6-20)13-30-22-27-24-14-28(22)2/h3-6,14,17-19H,7-13H2,1-2H3,(H,26,29)/b25-15-. The second-order valence-corrected chi connectivity index (χ2v) is 10.5. The zero-order valence-corrected chi connectivity index (χ0v) is 18.5. The van der Waals surface area contributed by atoms with Crippen LogP contribution in [0.3, 0.4) is 0 Å². The number of nitrogens with zero attached hydrogens (tertiary/aromatic N) is 4. The van der Waals surface area contributed by atoms with Gasteiger partial charge < -0.3 is 4.57 Å². The first kappa shape index (κ1) is 19.8.